The molecule has 8 heteroatoms. The molecule has 3 N–H and O–H groups in total. The maximum Gasteiger partial charge on any atom is 0.407 e. The Hall–Kier alpha value is -2.77. The highest BCUT2D eigenvalue weighted by molar-refractivity contribution is 5.82. The molecule has 0 saturated carbocycles. The average Bonchev–Trinajstić information content (AvgIpc) is 2.60. The maximum atomic E-state index is 11.7. The number of benzene rings is 1. The van der Waals surface area contributed by atoms with Gasteiger partial charge in [-0.2, -0.15) is 0 Å². The van der Waals surface area contributed by atoms with Crippen LogP contribution in [-0.4, -0.2) is 36.7 Å². The Morgan fingerprint density at radius 1 is 1.00 bits per heavy atom. The Balaban J connectivity index is 2.13. The Bertz CT molecular complexity index is 623. The first-order chi connectivity index (χ1) is 12.7. The van der Waals surface area contributed by atoms with Crippen LogP contribution in [0.2, 0.25) is 0 Å². The second-order valence-corrected chi connectivity index (χ2v) is 6.91. The molecule has 0 fully saturated rings. The van der Waals surface area contributed by atoms with E-state index in [2.05, 4.69) is 23.1 Å². The van der Waals surface area contributed by atoms with Crippen LogP contribution in [0, 0.1) is 0 Å². The van der Waals surface area contributed by atoms with Crippen molar-refractivity contribution in [3.63, 3.8) is 0 Å². The number of carbonyl (C=O) groups excluding carboxylic acids is 3. The first kappa shape index (κ1) is 22.3. The van der Waals surface area contributed by atoms with Crippen molar-refractivity contribution in [1.29, 1.82) is 0 Å². The lowest BCUT2D eigenvalue weighted by Crippen LogP contribution is -2.44. The van der Waals surface area contributed by atoms with Crippen LogP contribution >= 0.6 is 0 Å². The van der Waals surface area contributed by atoms with Crippen LogP contribution in [0.4, 0.5) is 4.79 Å². The highest BCUT2D eigenvalue weighted by Gasteiger charge is 2.15. The molecule has 0 spiro atoms. The van der Waals surface area contributed by atoms with Gasteiger partial charge in [0.1, 0.15) is 11.4 Å². The van der Waals surface area contributed by atoms with Crippen molar-refractivity contribution in [1.82, 2.24) is 16.2 Å². The van der Waals surface area contributed by atoms with Crippen LogP contribution in [-0.2, 0) is 20.7 Å². The standard InChI is InChI=1S/C19H29N3O5/c1-5-14-8-10-15(11-9-14)26-13-17(24)22-21-16(23)7-6-12-20-18(25)27-19(2,3)4/h8-11H,5-7,12-13H2,1-4H3,(H,20,25)(H,21,23)(H,22,24). The predicted octanol–water partition coefficient (Wildman–Crippen LogP) is 2.08. The summed E-state index contributed by atoms with van der Waals surface area (Å²) < 4.78 is 10.4. The van der Waals surface area contributed by atoms with Crippen molar-refractivity contribution < 1.29 is 23.9 Å². The summed E-state index contributed by atoms with van der Waals surface area (Å²) in [7, 11) is 0. The van der Waals surface area contributed by atoms with E-state index in [-0.39, 0.29) is 18.9 Å². The Labute approximate surface area is 160 Å². The summed E-state index contributed by atoms with van der Waals surface area (Å²) in [5.74, 6) is -0.238. The van der Waals surface area contributed by atoms with Gasteiger partial charge in [-0.1, -0.05) is 19.1 Å². The third-order valence-corrected chi connectivity index (χ3v) is 3.29. The zero-order valence-electron chi connectivity index (χ0n) is 16.4. The molecular weight excluding hydrogens is 350 g/mol. The zero-order chi connectivity index (χ0) is 20.3. The van der Waals surface area contributed by atoms with Gasteiger partial charge in [0.2, 0.25) is 5.91 Å². The summed E-state index contributed by atoms with van der Waals surface area (Å²) in [6, 6.07) is 7.45. The van der Waals surface area contributed by atoms with Gasteiger partial charge >= 0.3 is 6.09 Å². The van der Waals surface area contributed by atoms with Crippen molar-refractivity contribution >= 4 is 17.9 Å². The largest absolute Gasteiger partial charge is 0.484 e. The highest BCUT2D eigenvalue weighted by atomic mass is 16.6. The molecule has 0 aliphatic carbocycles. The van der Waals surface area contributed by atoms with Gasteiger partial charge in [0.25, 0.3) is 5.91 Å². The molecule has 150 valence electrons. The molecule has 0 unspecified atom stereocenters. The lowest BCUT2D eigenvalue weighted by Gasteiger charge is -2.19. The molecule has 1 rings (SSSR count). The quantitative estimate of drug-likeness (QED) is 0.474. The second-order valence-electron chi connectivity index (χ2n) is 6.91. The van der Waals surface area contributed by atoms with E-state index < -0.39 is 17.6 Å². The molecule has 0 aliphatic rings. The number of carbonyl (C=O) groups is 3. The molecule has 0 aliphatic heterocycles. The number of rotatable bonds is 8. The van der Waals surface area contributed by atoms with E-state index in [0.29, 0.717) is 18.7 Å². The normalized spacial score (nSPS) is 10.7. The van der Waals surface area contributed by atoms with Crippen LogP contribution < -0.4 is 20.9 Å². The van der Waals surface area contributed by atoms with Gasteiger partial charge in [-0.25, -0.2) is 4.79 Å². The van der Waals surface area contributed by atoms with E-state index in [1.165, 1.54) is 5.56 Å². The molecule has 27 heavy (non-hydrogen) atoms. The van der Waals surface area contributed by atoms with E-state index >= 15 is 0 Å². The van der Waals surface area contributed by atoms with Crippen LogP contribution in [0.1, 0.15) is 46.1 Å². The van der Waals surface area contributed by atoms with Gasteiger partial charge < -0.3 is 14.8 Å². The van der Waals surface area contributed by atoms with Gasteiger partial charge in [0.15, 0.2) is 6.61 Å². The van der Waals surface area contributed by atoms with Crippen molar-refractivity contribution in [2.24, 2.45) is 0 Å². The number of hydrazine groups is 1. The number of ether oxygens (including phenoxy) is 2. The molecule has 1 aromatic carbocycles. The van der Waals surface area contributed by atoms with Crippen molar-refractivity contribution in [3.05, 3.63) is 29.8 Å². The van der Waals surface area contributed by atoms with E-state index in [1.807, 2.05) is 12.1 Å². The predicted molar refractivity (Wildman–Crippen MR) is 101 cm³/mol. The Morgan fingerprint density at radius 2 is 1.63 bits per heavy atom. The highest BCUT2D eigenvalue weighted by Crippen LogP contribution is 2.12. The number of alkyl carbamates (subject to hydrolysis) is 1. The summed E-state index contributed by atoms with van der Waals surface area (Å²) in [4.78, 5) is 34.8. The molecule has 0 bridgehead atoms. The smallest absolute Gasteiger partial charge is 0.407 e. The van der Waals surface area contributed by atoms with E-state index in [9.17, 15) is 14.4 Å². The lowest BCUT2D eigenvalue weighted by atomic mass is 10.2. The van der Waals surface area contributed by atoms with Crippen molar-refractivity contribution in [2.75, 3.05) is 13.2 Å². The second kappa shape index (κ2) is 11.1. The molecule has 3 amide bonds. The molecular formula is C19H29N3O5. The Kier molecular flexibility index (Phi) is 9.12. The third kappa shape index (κ3) is 10.7. The SMILES string of the molecule is CCc1ccc(OCC(=O)NNC(=O)CCCNC(=O)OC(C)(C)C)cc1. The van der Waals surface area contributed by atoms with E-state index in [4.69, 9.17) is 9.47 Å². The average molecular weight is 379 g/mol. The first-order valence-electron chi connectivity index (χ1n) is 8.96. The molecule has 0 saturated heterocycles. The lowest BCUT2D eigenvalue weighted by molar-refractivity contribution is -0.130. The molecule has 8 nitrogen and oxygen atoms in total. The number of amides is 3. The number of hydrogen-bond donors (Lipinski definition) is 3. The van der Waals surface area contributed by atoms with Gasteiger partial charge in [-0.05, 0) is 51.3 Å². The van der Waals surface area contributed by atoms with Crippen LogP contribution in [0.3, 0.4) is 0 Å². The van der Waals surface area contributed by atoms with Gasteiger partial charge in [-0.3, -0.25) is 20.4 Å². The summed E-state index contributed by atoms with van der Waals surface area (Å²) in [5, 5.41) is 2.56. The fourth-order valence-corrected chi connectivity index (χ4v) is 1.96. The van der Waals surface area contributed by atoms with Gasteiger partial charge in [0, 0.05) is 13.0 Å². The number of nitrogens with one attached hydrogen (secondary N) is 3. The third-order valence-electron chi connectivity index (χ3n) is 3.29. The zero-order valence-corrected chi connectivity index (χ0v) is 16.4. The van der Waals surface area contributed by atoms with E-state index in [0.717, 1.165) is 6.42 Å². The first-order valence-corrected chi connectivity index (χ1v) is 8.96. The summed E-state index contributed by atoms with van der Waals surface area (Å²) >= 11 is 0. The molecule has 0 aromatic heterocycles. The number of hydrogen-bond acceptors (Lipinski definition) is 5. The van der Waals surface area contributed by atoms with Crippen molar-refractivity contribution in [2.45, 2.75) is 52.6 Å². The minimum atomic E-state index is -0.564. The fourth-order valence-electron chi connectivity index (χ4n) is 1.96. The molecule has 0 atom stereocenters. The maximum absolute atomic E-state index is 11.7. The van der Waals surface area contributed by atoms with Gasteiger partial charge in [-0.15, -0.1) is 0 Å². The molecule has 0 heterocycles. The van der Waals surface area contributed by atoms with Gasteiger partial charge in [0.05, 0.1) is 0 Å². The topological polar surface area (TPSA) is 106 Å². The van der Waals surface area contributed by atoms with Crippen LogP contribution in [0.15, 0.2) is 24.3 Å². The minimum absolute atomic E-state index is 0.148. The fraction of sp³-hybridized carbons (Fsp3) is 0.526. The van der Waals surface area contributed by atoms with Crippen LogP contribution in [0.25, 0.3) is 0 Å². The summed E-state index contributed by atoms with van der Waals surface area (Å²) in [6.07, 6.45) is 0.969. The monoisotopic (exact) mass is 379 g/mol. The molecule has 1 aromatic rings. The number of aryl methyl sites for hydroxylation is 1. The van der Waals surface area contributed by atoms with E-state index in [1.54, 1.807) is 32.9 Å². The summed E-state index contributed by atoms with van der Waals surface area (Å²) in [6.45, 7) is 7.46. The summed E-state index contributed by atoms with van der Waals surface area (Å²) in [5.41, 5.74) is 5.20. The Morgan fingerprint density at radius 3 is 2.22 bits per heavy atom. The molecule has 0 radical (unpaired) electrons. The van der Waals surface area contributed by atoms with Crippen LogP contribution in [0.5, 0.6) is 5.75 Å². The van der Waals surface area contributed by atoms with Crippen molar-refractivity contribution in [3.8, 4) is 5.75 Å². The minimum Gasteiger partial charge on any atom is -0.484 e.